The summed E-state index contributed by atoms with van der Waals surface area (Å²) in [5.41, 5.74) is 4.53. The van der Waals surface area contributed by atoms with Crippen LogP contribution < -0.4 is 10.1 Å². The second-order valence-corrected chi connectivity index (χ2v) is 9.30. The molecule has 1 saturated carbocycles. The van der Waals surface area contributed by atoms with Crippen molar-refractivity contribution in [1.29, 1.82) is 0 Å². The van der Waals surface area contributed by atoms with Crippen LogP contribution in [0, 0.1) is 0 Å². The van der Waals surface area contributed by atoms with Crippen LogP contribution >= 0.6 is 0 Å². The number of rotatable bonds is 10. The second-order valence-electron chi connectivity index (χ2n) is 9.30. The van der Waals surface area contributed by atoms with Crippen molar-refractivity contribution < 1.29 is 9.53 Å². The van der Waals surface area contributed by atoms with E-state index in [9.17, 15) is 4.79 Å². The van der Waals surface area contributed by atoms with Crippen molar-refractivity contribution in [2.75, 3.05) is 33.8 Å². The summed E-state index contributed by atoms with van der Waals surface area (Å²) in [6.07, 6.45) is 4.67. The van der Waals surface area contributed by atoms with Crippen molar-refractivity contribution in [3.05, 3.63) is 83.7 Å². The maximum atomic E-state index is 12.9. The van der Waals surface area contributed by atoms with Gasteiger partial charge in [-0.15, -0.1) is 0 Å². The Morgan fingerprint density at radius 2 is 1.89 bits per heavy atom. The van der Waals surface area contributed by atoms with Gasteiger partial charge in [0.2, 0.25) is 0 Å². The minimum atomic E-state index is -0.114. The first kappa shape index (κ1) is 23.1. The van der Waals surface area contributed by atoms with Gasteiger partial charge in [-0.25, -0.2) is 9.67 Å². The highest BCUT2D eigenvalue weighted by Gasteiger charge is 2.30. The first-order valence-corrected chi connectivity index (χ1v) is 12.2. The number of hydrogen-bond acceptors (Lipinski definition) is 5. The molecule has 7 heteroatoms. The summed E-state index contributed by atoms with van der Waals surface area (Å²) in [7, 11) is 4.05. The number of carbonyl (C=O) groups is 1. The van der Waals surface area contributed by atoms with E-state index in [4.69, 9.17) is 9.84 Å². The van der Waals surface area contributed by atoms with Gasteiger partial charge in [0.25, 0.3) is 5.91 Å². The molecular weight excluding hydrogens is 438 g/mol. The zero-order valence-corrected chi connectivity index (χ0v) is 20.3. The third-order valence-electron chi connectivity index (χ3n) is 6.21. The fraction of sp³-hybridized carbons (Fsp3) is 0.321. The highest BCUT2D eigenvalue weighted by atomic mass is 16.5. The number of aromatic nitrogens is 3. The molecule has 35 heavy (non-hydrogen) atoms. The van der Waals surface area contributed by atoms with Crippen LogP contribution in [0.2, 0.25) is 0 Å². The van der Waals surface area contributed by atoms with Gasteiger partial charge in [0.1, 0.15) is 12.4 Å². The third-order valence-corrected chi connectivity index (χ3v) is 6.21. The van der Waals surface area contributed by atoms with Crippen LogP contribution in [0.3, 0.4) is 0 Å². The molecule has 0 unspecified atom stereocenters. The number of likely N-dealkylation sites (N-methyl/N-ethyl adjacent to an activating group) is 1. The Bertz CT molecular complexity index is 1290. The fourth-order valence-electron chi connectivity index (χ4n) is 4.08. The molecule has 4 aromatic rings. The normalized spacial score (nSPS) is 13.3. The summed E-state index contributed by atoms with van der Waals surface area (Å²) in [5.74, 6) is 1.20. The number of benzene rings is 2. The number of nitrogens with zero attached hydrogens (tertiary/aromatic N) is 4. The Morgan fingerprint density at radius 3 is 2.60 bits per heavy atom. The number of hydrogen-bond donors (Lipinski definition) is 1. The molecule has 180 valence electrons. The molecule has 0 atom stereocenters. The fourth-order valence-corrected chi connectivity index (χ4v) is 4.08. The zero-order chi connectivity index (χ0) is 24.2. The van der Waals surface area contributed by atoms with Gasteiger partial charge in [0.15, 0.2) is 5.65 Å². The average Bonchev–Trinajstić information content (AvgIpc) is 3.65. The molecule has 0 radical (unpaired) electrons. The van der Waals surface area contributed by atoms with E-state index in [1.165, 1.54) is 0 Å². The molecule has 1 aliphatic carbocycles. The van der Waals surface area contributed by atoms with E-state index in [1.54, 1.807) is 6.20 Å². The van der Waals surface area contributed by atoms with Gasteiger partial charge in [0.05, 0.1) is 16.9 Å². The molecule has 0 aliphatic heterocycles. The van der Waals surface area contributed by atoms with E-state index in [-0.39, 0.29) is 5.91 Å². The summed E-state index contributed by atoms with van der Waals surface area (Å²) in [4.78, 5) is 19.6. The molecule has 2 aromatic heterocycles. The van der Waals surface area contributed by atoms with E-state index in [0.717, 1.165) is 59.5 Å². The number of nitrogens with one attached hydrogen (secondary N) is 1. The van der Waals surface area contributed by atoms with E-state index >= 15 is 0 Å². The minimum Gasteiger partial charge on any atom is -0.492 e. The molecule has 2 heterocycles. The summed E-state index contributed by atoms with van der Waals surface area (Å²) in [5, 5.41) is 8.87. The number of ether oxygens (including phenoxy) is 1. The van der Waals surface area contributed by atoms with Crippen molar-refractivity contribution in [3.63, 3.8) is 0 Å². The summed E-state index contributed by atoms with van der Waals surface area (Å²) >= 11 is 0. The van der Waals surface area contributed by atoms with Crippen LogP contribution in [0.4, 0.5) is 0 Å². The first-order valence-electron chi connectivity index (χ1n) is 12.2. The molecule has 0 bridgehead atoms. The zero-order valence-electron chi connectivity index (χ0n) is 20.3. The Balaban J connectivity index is 1.23. The maximum Gasteiger partial charge on any atom is 0.252 e. The van der Waals surface area contributed by atoms with Crippen LogP contribution in [-0.2, 0) is 6.42 Å². The molecule has 0 saturated heterocycles. The van der Waals surface area contributed by atoms with E-state index in [1.807, 2.05) is 79.4 Å². The predicted octanol–water partition coefficient (Wildman–Crippen LogP) is 4.21. The van der Waals surface area contributed by atoms with E-state index < -0.39 is 0 Å². The van der Waals surface area contributed by atoms with Crippen LogP contribution in [0.15, 0.2) is 66.9 Å². The SMILES string of the molecule is CN(C)CCOc1ccc(CCNC(=O)c2cnc3c(c2)c(C2CC2)nn3-c2ccccc2)cc1. The number of pyridine rings is 1. The minimum absolute atomic E-state index is 0.114. The molecule has 1 amide bonds. The van der Waals surface area contributed by atoms with Crippen LogP contribution in [-0.4, -0.2) is 59.4 Å². The predicted molar refractivity (Wildman–Crippen MR) is 137 cm³/mol. The molecule has 1 fully saturated rings. The van der Waals surface area contributed by atoms with Crippen LogP contribution in [0.5, 0.6) is 5.75 Å². The molecule has 1 aliphatic rings. The highest BCUT2D eigenvalue weighted by Crippen LogP contribution is 2.42. The molecule has 5 rings (SSSR count). The highest BCUT2D eigenvalue weighted by molar-refractivity contribution is 5.97. The van der Waals surface area contributed by atoms with Gasteiger partial charge in [-0.05, 0) is 69.3 Å². The summed E-state index contributed by atoms with van der Waals surface area (Å²) < 4.78 is 7.63. The summed E-state index contributed by atoms with van der Waals surface area (Å²) in [6, 6.07) is 20.0. The van der Waals surface area contributed by atoms with Gasteiger partial charge in [-0.1, -0.05) is 30.3 Å². The van der Waals surface area contributed by atoms with Crippen molar-refractivity contribution >= 4 is 16.9 Å². The number of fused-ring (bicyclic) bond motifs is 1. The Hall–Kier alpha value is -3.71. The molecule has 0 spiro atoms. The van der Waals surface area contributed by atoms with Gasteiger partial charge < -0.3 is 15.0 Å². The quantitative estimate of drug-likeness (QED) is 0.377. The smallest absolute Gasteiger partial charge is 0.252 e. The van der Waals surface area contributed by atoms with Gasteiger partial charge in [-0.2, -0.15) is 5.10 Å². The standard InChI is InChI=1S/C28H31N5O2/c1-32(2)16-17-35-24-12-8-20(9-13-24)14-15-29-28(34)22-18-25-26(21-10-11-21)31-33(27(25)30-19-22)23-6-4-3-5-7-23/h3-9,12-13,18-19,21H,10-11,14-17H2,1-2H3,(H,29,34). The lowest BCUT2D eigenvalue weighted by atomic mass is 10.1. The topological polar surface area (TPSA) is 72.3 Å². The number of amides is 1. The number of para-hydroxylation sites is 1. The first-order chi connectivity index (χ1) is 17.1. The molecule has 7 nitrogen and oxygen atoms in total. The van der Waals surface area contributed by atoms with Gasteiger partial charge in [0, 0.05) is 30.6 Å². The molecule has 1 N–H and O–H groups in total. The lowest BCUT2D eigenvalue weighted by Gasteiger charge is -2.11. The Morgan fingerprint density at radius 1 is 1.11 bits per heavy atom. The molecular formula is C28H31N5O2. The van der Waals surface area contributed by atoms with Crippen molar-refractivity contribution in [2.45, 2.75) is 25.2 Å². The summed E-state index contributed by atoms with van der Waals surface area (Å²) in [6.45, 7) is 2.09. The Labute approximate surface area is 205 Å². The van der Waals surface area contributed by atoms with Crippen LogP contribution in [0.1, 0.15) is 40.4 Å². The maximum absolute atomic E-state index is 12.9. The second kappa shape index (κ2) is 10.3. The lowest BCUT2D eigenvalue weighted by Crippen LogP contribution is -2.25. The van der Waals surface area contributed by atoms with Crippen molar-refractivity contribution in [1.82, 2.24) is 25.0 Å². The largest absolute Gasteiger partial charge is 0.492 e. The third kappa shape index (κ3) is 5.52. The average molecular weight is 470 g/mol. The Kier molecular flexibility index (Phi) is 6.77. The van der Waals surface area contributed by atoms with Crippen LogP contribution in [0.25, 0.3) is 16.7 Å². The van der Waals surface area contributed by atoms with E-state index in [2.05, 4.69) is 15.2 Å². The van der Waals surface area contributed by atoms with Crippen molar-refractivity contribution in [3.8, 4) is 11.4 Å². The molecule has 2 aromatic carbocycles. The van der Waals surface area contributed by atoms with Gasteiger partial charge in [-0.3, -0.25) is 4.79 Å². The van der Waals surface area contributed by atoms with E-state index in [0.29, 0.717) is 24.6 Å². The lowest BCUT2D eigenvalue weighted by molar-refractivity contribution is 0.0954. The number of carbonyl (C=O) groups excluding carboxylic acids is 1. The monoisotopic (exact) mass is 469 g/mol. The van der Waals surface area contributed by atoms with Gasteiger partial charge >= 0.3 is 0 Å². The van der Waals surface area contributed by atoms with Crippen molar-refractivity contribution in [2.24, 2.45) is 0 Å².